The molecule has 2 fully saturated rings. The minimum atomic E-state index is 0.0418. The molecule has 2 aliphatic rings. The number of piperidine rings is 1. The molecule has 2 heterocycles. The Bertz CT molecular complexity index is 564. The molecule has 136 valence electrons. The van der Waals surface area contributed by atoms with E-state index in [4.69, 9.17) is 0 Å². The standard InChI is InChI=1S/C19H28N4O2/c24-18(21-13-16-5-2-1-3-6-16)15-22-9-11-23(12-10-22)19(25)17-7-4-8-20-14-17/h1-3,5-6,17,20H,4,7-15H2,(H,21,24). The Labute approximate surface area is 149 Å². The molecule has 2 N–H and O–H groups in total. The van der Waals surface area contributed by atoms with Gasteiger partial charge in [-0.25, -0.2) is 0 Å². The molecule has 1 aromatic rings. The van der Waals surface area contributed by atoms with Crippen LogP contribution in [0.25, 0.3) is 0 Å². The highest BCUT2D eigenvalue weighted by Crippen LogP contribution is 2.15. The van der Waals surface area contributed by atoms with Crippen molar-refractivity contribution in [3.05, 3.63) is 35.9 Å². The number of nitrogens with one attached hydrogen (secondary N) is 2. The quantitative estimate of drug-likeness (QED) is 0.814. The fourth-order valence-corrected chi connectivity index (χ4v) is 3.50. The molecule has 0 aromatic heterocycles. The molecule has 2 saturated heterocycles. The van der Waals surface area contributed by atoms with E-state index in [2.05, 4.69) is 15.5 Å². The molecule has 1 unspecified atom stereocenters. The third kappa shape index (κ3) is 5.28. The first-order chi connectivity index (χ1) is 12.2. The molecule has 6 nitrogen and oxygen atoms in total. The molecule has 0 radical (unpaired) electrons. The number of benzene rings is 1. The second-order valence-corrected chi connectivity index (χ2v) is 6.91. The van der Waals surface area contributed by atoms with Gasteiger partial charge < -0.3 is 15.5 Å². The molecule has 0 spiro atoms. The van der Waals surface area contributed by atoms with Gasteiger partial charge >= 0.3 is 0 Å². The van der Waals surface area contributed by atoms with Gasteiger partial charge in [0.05, 0.1) is 12.5 Å². The van der Waals surface area contributed by atoms with E-state index in [1.54, 1.807) is 0 Å². The number of amides is 2. The van der Waals surface area contributed by atoms with Crippen LogP contribution in [0.2, 0.25) is 0 Å². The molecule has 25 heavy (non-hydrogen) atoms. The van der Waals surface area contributed by atoms with Gasteiger partial charge in [-0.2, -0.15) is 0 Å². The Balaban J connectivity index is 1.37. The minimum absolute atomic E-state index is 0.0418. The van der Waals surface area contributed by atoms with Gasteiger partial charge in [0.2, 0.25) is 11.8 Å². The summed E-state index contributed by atoms with van der Waals surface area (Å²) in [5.41, 5.74) is 1.10. The van der Waals surface area contributed by atoms with E-state index in [0.717, 1.165) is 57.7 Å². The van der Waals surface area contributed by atoms with Gasteiger partial charge in [0.15, 0.2) is 0 Å². The Kier molecular flexibility index (Phi) is 6.42. The van der Waals surface area contributed by atoms with Crippen molar-refractivity contribution in [2.75, 3.05) is 45.8 Å². The van der Waals surface area contributed by atoms with Crippen LogP contribution in [0.3, 0.4) is 0 Å². The van der Waals surface area contributed by atoms with Crippen molar-refractivity contribution in [3.63, 3.8) is 0 Å². The molecule has 6 heteroatoms. The van der Waals surface area contributed by atoms with Crippen LogP contribution in [0.15, 0.2) is 30.3 Å². The van der Waals surface area contributed by atoms with Crippen LogP contribution in [0, 0.1) is 5.92 Å². The number of hydrogen-bond donors (Lipinski definition) is 2. The molecule has 0 bridgehead atoms. The van der Waals surface area contributed by atoms with Gasteiger partial charge in [-0.1, -0.05) is 30.3 Å². The molecule has 0 saturated carbocycles. The van der Waals surface area contributed by atoms with Gasteiger partial charge in [0, 0.05) is 39.3 Å². The lowest BCUT2D eigenvalue weighted by Gasteiger charge is -2.36. The Morgan fingerprint density at radius 1 is 1.12 bits per heavy atom. The topological polar surface area (TPSA) is 64.7 Å². The Morgan fingerprint density at radius 2 is 1.88 bits per heavy atom. The molecular weight excluding hydrogens is 316 g/mol. The van der Waals surface area contributed by atoms with Crippen molar-refractivity contribution in [1.82, 2.24) is 20.4 Å². The SMILES string of the molecule is O=C(CN1CCN(C(=O)C2CCCNC2)CC1)NCc1ccccc1. The first-order valence-corrected chi connectivity index (χ1v) is 9.25. The normalized spacial score (nSPS) is 21.8. The molecule has 1 atom stereocenters. The average molecular weight is 344 g/mol. The summed E-state index contributed by atoms with van der Waals surface area (Å²) in [6, 6.07) is 9.92. The largest absolute Gasteiger partial charge is 0.351 e. The third-order valence-corrected chi connectivity index (χ3v) is 5.03. The third-order valence-electron chi connectivity index (χ3n) is 5.03. The predicted octanol–water partition coefficient (Wildman–Crippen LogP) is 0.447. The van der Waals surface area contributed by atoms with E-state index in [9.17, 15) is 9.59 Å². The average Bonchev–Trinajstić information content (AvgIpc) is 2.68. The molecule has 2 amide bonds. The van der Waals surface area contributed by atoms with Gasteiger partial charge in [-0.3, -0.25) is 14.5 Å². The minimum Gasteiger partial charge on any atom is -0.351 e. The first-order valence-electron chi connectivity index (χ1n) is 9.25. The van der Waals surface area contributed by atoms with Crippen molar-refractivity contribution >= 4 is 11.8 Å². The summed E-state index contributed by atoms with van der Waals surface area (Å²) in [6.45, 7) is 5.78. The van der Waals surface area contributed by atoms with Gasteiger partial charge in [-0.15, -0.1) is 0 Å². The molecule has 2 aliphatic heterocycles. The first kappa shape index (κ1) is 17.9. The van der Waals surface area contributed by atoms with Crippen LogP contribution in [0.1, 0.15) is 18.4 Å². The monoisotopic (exact) mass is 344 g/mol. The number of rotatable bonds is 5. The van der Waals surface area contributed by atoms with Crippen LogP contribution >= 0.6 is 0 Å². The van der Waals surface area contributed by atoms with Crippen molar-refractivity contribution < 1.29 is 9.59 Å². The fourth-order valence-electron chi connectivity index (χ4n) is 3.50. The van der Waals surface area contributed by atoms with Crippen LogP contribution in [-0.4, -0.2) is 67.4 Å². The highest BCUT2D eigenvalue weighted by Gasteiger charge is 2.28. The number of carbonyl (C=O) groups is 2. The zero-order valence-corrected chi connectivity index (χ0v) is 14.7. The van der Waals surface area contributed by atoms with Crippen LogP contribution < -0.4 is 10.6 Å². The van der Waals surface area contributed by atoms with Crippen LogP contribution in [0.4, 0.5) is 0 Å². The van der Waals surface area contributed by atoms with E-state index in [1.165, 1.54) is 0 Å². The summed E-state index contributed by atoms with van der Waals surface area (Å²) in [6.07, 6.45) is 2.08. The van der Waals surface area contributed by atoms with E-state index >= 15 is 0 Å². The number of nitrogens with zero attached hydrogens (tertiary/aromatic N) is 2. The second-order valence-electron chi connectivity index (χ2n) is 6.91. The van der Waals surface area contributed by atoms with E-state index in [-0.39, 0.29) is 17.7 Å². The highest BCUT2D eigenvalue weighted by atomic mass is 16.2. The lowest BCUT2D eigenvalue weighted by Crippen LogP contribution is -2.53. The van der Waals surface area contributed by atoms with E-state index < -0.39 is 0 Å². The summed E-state index contributed by atoms with van der Waals surface area (Å²) in [5, 5.41) is 6.27. The van der Waals surface area contributed by atoms with Crippen molar-refractivity contribution in [2.24, 2.45) is 5.92 Å². The number of piperazine rings is 1. The summed E-state index contributed by atoms with van der Waals surface area (Å²) < 4.78 is 0. The summed E-state index contributed by atoms with van der Waals surface area (Å²) in [5.74, 6) is 0.454. The lowest BCUT2D eigenvalue weighted by molar-refractivity contribution is -0.138. The maximum absolute atomic E-state index is 12.5. The predicted molar refractivity (Wildman–Crippen MR) is 96.9 cm³/mol. The molecular formula is C19H28N4O2. The maximum atomic E-state index is 12.5. The van der Waals surface area contributed by atoms with Gasteiger partial charge in [0.1, 0.15) is 0 Å². The van der Waals surface area contributed by atoms with Crippen LogP contribution in [-0.2, 0) is 16.1 Å². The molecule has 1 aromatic carbocycles. The van der Waals surface area contributed by atoms with Gasteiger partial charge in [0.25, 0.3) is 0 Å². The Morgan fingerprint density at radius 3 is 2.56 bits per heavy atom. The lowest BCUT2D eigenvalue weighted by atomic mass is 9.98. The Hall–Kier alpha value is -1.92. The zero-order chi connectivity index (χ0) is 17.5. The van der Waals surface area contributed by atoms with Crippen molar-refractivity contribution in [1.29, 1.82) is 0 Å². The smallest absolute Gasteiger partial charge is 0.234 e. The number of carbonyl (C=O) groups excluding carboxylic acids is 2. The van der Waals surface area contributed by atoms with Crippen molar-refractivity contribution in [2.45, 2.75) is 19.4 Å². The maximum Gasteiger partial charge on any atom is 0.234 e. The summed E-state index contributed by atoms with van der Waals surface area (Å²) in [7, 11) is 0. The molecule has 0 aliphatic carbocycles. The zero-order valence-electron chi connectivity index (χ0n) is 14.7. The van der Waals surface area contributed by atoms with Crippen LogP contribution in [0.5, 0.6) is 0 Å². The van der Waals surface area contributed by atoms with E-state index in [0.29, 0.717) is 13.1 Å². The number of hydrogen-bond acceptors (Lipinski definition) is 4. The second kappa shape index (κ2) is 8.97. The van der Waals surface area contributed by atoms with Crippen molar-refractivity contribution in [3.8, 4) is 0 Å². The van der Waals surface area contributed by atoms with E-state index in [1.807, 2.05) is 35.2 Å². The fraction of sp³-hybridized carbons (Fsp3) is 0.579. The summed E-state index contributed by atoms with van der Waals surface area (Å²) >= 11 is 0. The molecule has 3 rings (SSSR count). The summed E-state index contributed by atoms with van der Waals surface area (Å²) in [4.78, 5) is 28.7. The highest BCUT2D eigenvalue weighted by molar-refractivity contribution is 5.80. The van der Waals surface area contributed by atoms with Gasteiger partial charge in [-0.05, 0) is 24.9 Å².